The smallest absolute Gasteiger partial charge is 0.306 e. The lowest BCUT2D eigenvalue weighted by atomic mass is 9.65. The molecule has 2 unspecified atom stereocenters. The van der Waals surface area contributed by atoms with Crippen LogP contribution in [0.5, 0.6) is 0 Å². The van der Waals surface area contributed by atoms with E-state index in [0.717, 1.165) is 31.3 Å². The molecular weight excluding hydrogens is 348 g/mol. The van der Waals surface area contributed by atoms with Gasteiger partial charge in [0.05, 0.1) is 12.9 Å². The summed E-state index contributed by atoms with van der Waals surface area (Å²) in [6.07, 6.45) is 9.50. The maximum atomic E-state index is 12.1. The SMILES string of the molecule is C=CC(=C)C(C[C@@H](OC(=O)CCC)C(C)C)[C@H](C)C(C)(CC)CCOC=CC. The molecule has 0 radical (unpaired) electrons. The molecule has 3 nitrogen and oxygen atoms in total. The van der Waals surface area contributed by atoms with Crippen LogP contribution in [0.25, 0.3) is 0 Å². The number of carbonyl (C=O) groups is 1. The highest BCUT2D eigenvalue weighted by Gasteiger charge is 2.37. The average molecular weight is 393 g/mol. The summed E-state index contributed by atoms with van der Waals surface area (Å²) in [5, 5.41) is 0. The maximum absolute atomic E-state index is 12.1. The van der Waals surface area contributed by atoms with E-state index in [1.54, 1.807) is 6.26 Å². The van der Waals surface area contributed by atoms with Crippen LogP contribution in [0.15, 0.2) is 37.1 Å². The number of hydrogen-bond acceptors (Lipinski definition) is 3. The van der Waals surface area contributed by atoms with Crippen LogP contribution in [0.3, 0.4) is 0 Å². The third kappa shape index (κ3) is 8.67. The summed E-state index contributed by atoms with van der Waals surface area (Å²) in [6, 6.07) is 0. The topological polar surface area (TPSA) is 35.5 Å². The van der Waals surface area contributed by atoms with Gasteiger partial charge in [-0.3, -0.25) is 4.79 Å². The second-order valence-corrected chi connectivity index (χ2v) is 8.53. The first kappa shape index (κ1) is 26.5. The number of esters is 1. The highest BCUT2D eigenvalue weighted by molar-refractivity contribution is 5.69. The van der Waals surface area contributed by atoms with Crippen LogP contribution in [-0.2, 0) is 14.3 Å². The van der Waals surface area contributed by atoms with Crippen molar-refractivity contribution in [2.75, 3.05) is 6.61 Å². The Morgan fingerprint density at radius 3 is 2.32 bits per heavy atom. The Morgan fingerprint density at radius 1 is 1.21 bits per heavy atom. The van der Waals surface area contributed by atoms with Crippen LogP contribution >= 0.6 is 0 Å². The average Bonchev–Trinajstić information content (AvgIpc) is 2.67. The van der Waals surface area contributed by atoms with Crippen LogP contribution in [0, 0.1) is 23.2 Å². The molecule has 0 rings (SSSR count). The highest BCUT2D eigenvalue weighted by atomic mass is 16.5. The molecule has 0 amide bonds. The first-order valence-electron chi connectivity index (χ1n) is 10.9. The Morgan fingerprint density at radius 2 is 1.86 bits per heavy atom. The van der Waals surface area contributed by atoms with E-state index < -0.39 is 0 Å². The van der Waals surface area contributed by atoms with Crippen LogP contribution in [-0.4, -0.2) is 18.7 Å². The summed E-state index contributed by atoms with van der Waals surface area (Å²) in [6.45, 7) is 24.0. The summed E-state index contributed by atoms with van der Waals surface area (Å²) >= 11 is 0. The van der Waals surface area contributed by atoms with Crippen molar-refractivity contribution in [3.8, 4) is 0 Å². The summed E-state index contributed by atoms with van der Waals surface area (Å²) < 4.78 is 11.4. The van der Waals surface area contributed by atoms with Crippen molar-refractivity contribution < 1.29 is 14.3 Å². The second-order valence-electron chi connectivity index (χ2n) is 8.53. The zero-order valence-corrected chi connectivity index (χ0v) is 19.4. The van der Waals surface area contributed by atoms with Crippen LogP contribution < -0.4 is 0 Å². The summed E-state index contributed by atoms with van der Waals surface area (Å²) in [5.74, 6) is 0.739. The third-order valence-electron chi connectivity index (χ3n) is 6.24. The molecule has 0 aliphatic heterocycles. The molecule has 0 N–H and O–H groups in total. The van der Waals surface area contributed by atoms with Crippen molar-refractivity contribution >= 4 is 5.97 Å². The Bertz CT molecular complexity index is 506. The fourth-order valence-electron chi connectivity index (χ4n) is 3.63. The quantitative estimate of drug-likeness (QED) is 0.129. The first-order chi connectivity index (χ1) is 13.2. The molecule has 0 aromatic carbocycles. The van der Waals surface area contributed by atoms with Gasteiger partial charge in [-0.05, 0) is 49.4 Å². The van der Waals surface area contributed by atoms with Gasteiger partial charge in [-0.15, -0.1) is 0 Å². The highest BCUT2D eigenvalue weighted by Crippen LogP contribution is 2.44. The number of hydrogen-bond donors (Lipinski definition) is 0. The molecule has 162 valence electrons. The molecular formula is C25H44O3. The van der Waals surface area contributed by atoms with Crippen LogP contribution in [0.1, 0.15) is 80.6 Å². The third-order valence-corrected chi connectivity index (χ3v) is 6.24. The molecule has 0 spiro atoms. The number of rotatable bonds is 15. The Labute approximate surface area is 174 Å². The predicted molar refractivity (Wildman–Crippen MR) is 120 cm³/mol. The van der Waals surface area contributed by atoms with Crippen molar-refractivity contribution in [3.05, 3.63) is 37.1 Å². The van der Waals surface area contributed by atoms with Gasteiger partial charge in [-0.25, -0.2) is 0 Å². The number of carbonyl (C=O) groups excluding carboxylic acids is 1. The summed E-state index contributed by atoms with van der Waals surface area (Å²) in [5.41, 5.74) is 1.13. The van der Waals surface area contributed by atoms with Crippen molar-refractivity contribution in [1.82, 2.24) is 0 Å². The van der Waals surface area contributed by atoms with Gasteiger partial charge < -0.3 is 9.47 Å². The van der Waals surface area contributed by atoms with E-state index in [-0.39, 0.29) is 29.3 Å². The van der Waals surface area contributed by atoms with E-state index in [2.05, 4.69) is 47.8 Å². The minimum atomic E-state index is -0.108. The van der Waals surface area contributed by atoms with Gasteiger partial charge >= 0.3 is 5.97 Å². The largest absolute Gasteiger partial charge is 0.502 e. The lowest BCUT2D eigenvalue weighted by Crippen LogP contribution is -2.36. The Kier molecular flexibility index (Phi) is 12.9. The number of allylic oxidation sites excluding steroid dienone is 3. The van der Waals surface area contributed by atoms with E-state index in [0.29, 0.717) is 18.9 Å². The molecule has 4 atom stereocenters. The van der Waals surface area contributed by atoms with Gasteiger partial charge in [0.2, 0.25) is 0 Å². The molecule has 0 aromatic heterocycles. The molecule has 0 aromatic rings. The van der Waals surface area contributed by atoms with E-state index in [4.69, 9.17) is 9.47 Å². The lowest BCUT2D eigenvalue weighted by Gasteiger charge is -2.41. The molecule has 0 saturated heterocycles. The van der Waals surface area contributed by atoms with E-state index >= 15 is 0 Å². The van der Waals surface area contributed by atoms with E-state index in [9.17, 15) is 4.79 Å². The van der Waals surface area contributed by atoms with Crippen molar-refractivity contribution in [2.24, 2.45) is 23.2 Å². The predicted octanol–water partition coefficient (Wildman–Crippen LogP) is 7.10. The molecule has 0 aliphatic carbocycles. The van der Waals surface area contributed by atoms with Gasteiger partial charge in [-0.1, -0.05) is 78.8 Å². The Hall–Kier alpha value is -1.51. The van der Waals surface area contributed by atoms with Gasteiger partial charge in [0.15, 0.2) is 0 Å². The Balaban J connectivity index is 5.46. The molecule has 0 saturated carbocycles. The normalized spacial score (nSPS) is 17.0. The van der Waals surface area contributed by atoms with Crippen molar-refractivity contribution in [2.45, 2.75) is 86.7 Å². The first-order valence-corrected chi connectivity index (χ1v) is 10.9. The molecule has 3 heteroatoms. The fourth-order valence-corrected chi connectivity index (χ4v) is 3.63. The minimum absolute atomic E-state index is 0.102. The van der Waals surface area contributed by atoms with Crippen LogP contribution in [0.4, 0.5) is 0 Å². The lowest BCUT2D eigenvalue weighted by molar-refractivity contribution is -0.152. The van der Waals surface area contributed by atoms with Crippen molar-refractivity contribution in [1.29, 1.82) is 0 Å². The summed E-state index contributed by atoms with van der Waals surface area (Å²) in [4.78, 5) is 12.1. The fraction of sp³-hybridized carbons (Fsp3) is 0.720. The zero-order valence-electron chi connectivity index (χ0n) is 19.4. The molecule has 28 heavy (non-hydrogen) atoms. The van der Waals surface area contributed by atoms with Crippen molar-refractivity contribution in [3.63, 3.8) is 0 Å². The maximum Gasteiger partial charge on any atom is 0.306 e. The van der Waals surface area contributed by atoms with Crippen LogP contribution in [0.2, 0.25) is 0 Å². The summed E-state index contributed by atoms with van der Waals surface area (Å²) in [7, 11) is 0. The van der Waals surface area contributed by atoms with E-state index in [1.807, 2.05) is 26.0 Å². The zero-order chi connectivity index (χ0) is 21.7. The molecule has 0 fully saturated rings. The minimum Gasteiger partial charge on any atom is -0.502 e. The molecule has 0 aliphatic rings. The molecule has 0 bridgehead atoms. The van der Waals surface area contributed by atoms with Gasteiger partial charge in [-0.2, -0.15) is 0 Å². The standard InChI is InChI=1S/C25H44O3/c1-10-14-24(26)28-23(19(5)6)18-22(20(7)12-3)21(8)25(9,13-4)15-17-27-16-11-2/h11-12,16,19,21-23H,3,7,10,13-15,17-18H2,1-2,4-6,8-9H3/t21-,22?,23+,25?/m0/s1. The van der Waals surface area contributed by atoms with Gasteiger partial charge in [0.1, 0.15) is 6.10 Å². The monoisotopic (exact) mass is 392 g/mol. The number of ether oxygens (including phenoxy) is 2. The van der Waals surface area contributed by atoms with Gasteiger partial charge in [0.25, 0.3) is 0 Å². The van der Waals surface area contributed by atoms with E-state index in [1.165, 1.54) is 0 Å². The molecule has 0 heterocycles. The van der Waals surface area contributed by atoms with Gasteiger partial charge in [0, 0.05) is 6.42 Å². The second kappa shape index (κ2) is 13.6.